The van der Waals surface area contributed by atoms with Crippen molar-refractivity contribution in [1.29, 1.82) is 0 Å². The highest BCUT2D eigenvalue weighted by Crippen LogP contribution is 2.39. The van der Waals surface area contributed by atoms with Crippen LogP contribution in [-0.4, -0.2) is 100 Å². The van der Waals surface area contributed by atoms with E-state index in [0.717, 1.165) is 11.8 Å². The molecule has 0 saturated carbocycles. The molecule has 0 aliphatic carbocycles. The fourth-order valence-electron chi connectivity index (χ4n) is 5.17. The molecule has 3 heterocycles. The van der Waals surface area contributed by atoms with E-state index in [1.54, 1.807) is 12.0 Å². The number of ether oxygens (including phenoxy) is 2. The van der Waals surface area contributed by atoms with Crippen molar-refractivity contribution in [3.05, 3.63) is 29.3 Å². The average Bonchev–Trinajstić information content (AvgIpc) is 2.85. The van der Waals surface area contributed by atoms with Crippen LogP contribution in [0.5, 0.6) is 0 Å². The van der Waals surface area contributed by atoms with E-state index in [1.807, 2.05) is 4.90 Å². The molecule has 194 valence electrons. The smallest absolute Gasteiger partial charge is 0.385 e. The van der Waals surface area contributed by atoms with Gasteiger partial charge in [0, 0.05) is 58.7 Å². The highest BCUT2D eigenvalue weighted by molar-refractivity contribution is 5.82. The minimum atomic E-state index is -4.44. The SMILES string of the molecule is COCCCNC(=O)[C@H]1Cc2cc(C(F)(F)F)ccc2N2CCN(CC(=O)N3CCOCC3)C[C@@H]12. The first-order valence-electron chi connectivity index (χ1n) is 12.1. The van der Waals surface area contributed by atoms with Crippen molar-refractivity contribution in [3.63, 3.8) is 0 Å². The van der Waals surface area contributed by atoms with Crippen molar-refractivity contribution in [2.75, 3.05) is 77.6 Å². The Hall–Kier alpha value is -2.37. The van der Waals surface area contributed by atoms with Gasteiger partial charge in [0.2, 0.25) is 11.8 Å². The molecule has 1 aromatic carbocycles. The molecular weight excluding hydrogens is 465 g/mol. The summed E-state index contributed by atoms with van der Waals surface area (Å²) in [5.74, 6) is -0.663. The molecule has 1 N–H and O–H groups in total. The fourth-order valence-corrected chi connectivity index (χ4v) is 5.17. The third-order valence-corrected chi connectivity index (χ3v) is 7.01. The second-order valence-corrected chi connectivity index (χ2v) is 9.28. The van der Waals surface area contributed by atoms with Gasteiger partial charge < -0.3 is 24.6 Å². The summed E-state index contributed by atoms with van der Waals surface area (Å²) in [6.45, 7) is 5.03. The van der Waals surface area contributed by atoms with Gasteiger partial charge in [0.05, 0.1) is 37.3 Å². The molecule has 2 amide bonds. The van der Waals surface area contributed by atoms with Crippen molar-refractivity contribution in [3.8, 4) is 0 Å². The molecule has 4 rings (SSSR count). The molecule has 8 nitrogen and oxygen atoms in total. The molecule has 0 radical (unpaired) electrons. The number of alkyl halides is 3. The minimum absolute atomic E-state index is 0.0355. The van der Waals surface area contributed by atoms with E-state index in [0.29, 0.717) is 71.1 Å². The largest absolute Gasteiger partial charge is 0.416 e. The van der Waals surface area contributed by atoms with Gasteiger partial charge in [-0.3, -0.25) is 14.5 Å². The molecule has 11 heteroatoms. The van der Waals surface area contributed by atoms with Gasteiger partial charge in [-0.25, -0.2) is 0 Å². The Balaban J connectivity index is 1.52. The van der Waals surface area contributed by atoms with Crippen LogP contribution in [0.15, 0.2) is 18.2 Å². The van der Waals surface area contributed by atoms with E-state index in [9.17, 15) is 22.8 Å². The number of rotatable bonds is 7. The number of morpholine rings is 1. The normalized spacial score (nSPS) is 23.0. The van der Waals surface area contributed by atoms with Gasteiger partial charge in [0.15, 0.2) is 0 Å². The zero-order valence-corrected chi connectivity index (χ0v) is 20.0. The molecule has 2 atom stereocenters. The first-order chi connectivity index (χ1) is 16.8. The van der Waals surface area contributed by atoms with Crippen molar-refractivity contribution in [2.24, 2.45) is 5.92 Å². The lowest BCUT2D eigenvalue weighted by atomic mass is 9.82. The molecule has 0 unspecified atom stereocenters. The van der Waals surface area contributed by atoms with E-state index in [1.165, 1.54) is 12.1 Å². The van der Waals surface area contributed by atoms with E-state index >= 15 is 0 Å². The Morgan fingerprint density at radius 2 is 1.94 bits per heavy atom. The number of anilines is 1. The van der Waals surface area contributed by atoms with Gasteiger partial charge in [0.25, 0.3) is 0 Å². The molecular formula is C24H33F3N4O4. The maximum absolute atomic E-state index is 13.4. The Kier molecular flexibility index (Phi) is 8.18. The molecule has 0 aromatic heterocycles. The molecule has 2 saturated heterocycles. The molecule has 1 aromatic rings. The molecule has 0 bridgehead atoms. The molecule has 3 aliphatic heterocycles. The van der Waals surface area contributed by atoms with Gasteiger partial charge in [-0.05, 0) is 36.6 Å². The van der Waals surface area contributed by atoms with Gasteiger partial charge in [0.1, 0.15) is 0 Å². The van der Waals surface area contributed by atoms with Crippen molar-refractivity contribution in [2.45, 2.75) is 25.1 Å². The van der Waals surface area contributed by atoms with E-state index in [4.69, 9.17) is 9.47 Å². The van der Waals surface area contributed by atoms with Gasteiger partial charge >= 0.3 is 6.18 Å². The minimum Gasteiger partial charge on any atom is -0.385 e. The number of fused-ring (bicyclic) bond motifs is 3. The van der Waals surface area contributed by atoms with E-state index < -0.39 is 17.7 Å². The lowest BCUT2D eigenvalue weighted by molar-refractivity contribution is -0.138. The highest BCUT2D eigenvalue weighted by Gasteiger charge is 2.43. The van der Waals surface area contributed by atoms with Crippen LogP contribution in [0.1, 0.15) is 17.5 Å². The number of benzene rings is 1. The zero-order chi connectivity index (χ0) is 25.0. The number of nitrogens with one attached hydrogen (secondary N) is 1. The Morgan fingerprint density at radius 1 is 1.17 bits per heavy atom. The van der Waals surface area contributed by atoms with Crippen LogP contribution >= 0.6 is 0 Å². The third kappa shape index (κ3) is 6.07. The van der Waals surface area contributed by atoms with Crippen LogP contribution in [0.3, 0.4) is 0 Å². The molecule has 0 spiro atoms. The van der Waals surface area contributed by atoms with Gasteiger partial charge in [-0.2, -0.15) is 13.2 Å². The topological polar surface area (TPSA) is 74.4 Å². The maximum Gasteiger partial charge on any atom is 0.416 e. The summed E-state index contributed by atoms with van der Waals surface area (Å²) in [5.41, 5.74) is 0.570. The first kappa shape index (κ1) is 25.7. The van der Waals surface area contributed by atoms with Crippen LogP contribution in [0.25, 0.3) is 0 Å². The fraction of sp³-hybridized carbons (Fsp3) is 0.667. The predicted molar refractivity (Wildman–Crippen MR) is 123 cm³/mol. The zero-order valence-electron chi connectivity index (χ0n) is 20.0. The average molecular weight is 499 g/mol. The van der Waals surface area contributed by atoms with Crippen molar-refractivity contribution < 1.29 is 32.2 Å². The molecule has 3 aliphatic rings. The van der Waals surface area contributed by atoms with Gasteiger partial charge in [-0.15, -0.1) is 0 Å². The van der Waals surface area contributed by atoms with Crippen LogP contribution in [0.2, 0.25) is 0 Å². The Morgan fingerprint density at radius 3 is 2.66 bits per heavy atom. The number of halogens is 3. The van der Waals surface area contributed by atoms with Crippen molar-refractivity contribution in [1.82, 2.24) is 15.1 Å². The number of amides is 2. The molecule has 2 fully saturated rings. The summed E-state index contributed by atoms with van der Waals surface area (Å²) in [5, 5.41) is 2.93. The molecule has 35 heavy (non-hydrogen) atoms. The summed E-state index contributed by atoms with van der Waals surface area (Å²) in [6, 6.07) is 3.57. The number of hydrogen-bond acceptors (Lipinski definition) is 6. The number of carbonyl (C=O) groups is 2. The first-order valence-corrected chi connectivity index (χ1v) is 12.1. The van der Waals surface area contributed by atoms with Crippen LogP contribution in [0.4, 0.5) is 18.9 Å². The number of methoxy groups -OCH3 is 1. The third-order valence-electron chi connectivity index (χ3n) is 7.01. The van der Waals surface area contributed by atoms with E-state index in [2.05, 4.69) is 10.2 Å². The quantitative estimate of drug-likeness (QED) is 0.573. The monoisotopic (exact) mass is 498 g/mol. The number of carbonyl (C=O) groups excluding carboxylic acids is 2. The standard InChI is InChI=1S/C24H33F3N4O4/c1-34-10-2-5-28-23(33)19-14-17-13-18(24(25,26)27)3-4-20(17)31-7-6-29(15-21(19)31)16-22(32)30-8-11-35-12-9-30/h3-4,13,19,21H,2,5-12,14-16H2,1H3,(H,28,33)/t19-,21-/m0/s1. The summed E-state index contributed by atoms with van der Waals surface area (Å²) in [7, 11) is 1.59. The van der Waals surface area contributed by atoms with Crippen LogP contribution in [-0.2, 0) is 31.7 Å². The van der Waals surface area contributed by atoms with Crippen LogP contribution in [0, 0.1) is 5.92 Å². The summed E-state index contributed by atoms with van der Waals surface area (Å²) in [4.78, 5) is 31.9. The summed E-state index contributed by atoms with van der Waals surface area (Å²) >= 11 is 0. The number of piperazine rings is 1. The van der Waals surface area contributed by atoms with E-state index in [-0.39, 0.29) is 30.8 Å². The lowest BCUT2D eigenvalue weighted by Gasteiger charge is -2.49. The highest BCUT2D eigenvalue weighted by atomic mass is 19.4. The predicted octanol–water partition coefficient (Wildman–Crippen LogP) is 1.38. The summed E-state index contributed by atoms with van der Waals surface area (Å²) in [6.07, 6.45) is -3.57. The van der Waals surface area contributed by atoms with Crippen LogP contribution < -0.4 is 10.2 Å². The second-order valence-electron chi connectivity index (χ2n) is 9.28. The lowest BCUT2D eigenvalue weighted by Crippen LogP contribution is -2.62. The maximum atomic E-state index is 13.4. The van der Waals surface area contributed by atoms with Gasteiger partial charge in [-0.1, -0.05) is 0 Å². The second kappa shape index (κ2) is 11.1. The van der Waals surface area contributed by atoms with Crippen molar-refractivity contribution >= 4 is 17.5 Å². The summed E-state index contributed by atoms with van der Waals surface area (Å²) < 4.78 is 50.4. The Bertz CT molecular complexity index is 907. The Labute approximate surface area is 203 Å². The number of nitrogens with zero attached hydrogens (tertiary/aromatic N) is 3. The number of hydrogen-bond donors (Lipinski definition) is 1.